The van der Waals surface area contributed by atoms with Crippen LogP contribution in [0.4, 0.5) is 13.2 Å². The zero-order valence-corrected chi connectivity index (χ0v) is 10.9. The van der Waals surface area contributed by atoms with Crippen LogP contribution >= 0.6 is 0 Å². The van der Waals surface area contributed by atoms with Gasteiger partial charge in [0.25, 0.3) is 0 Å². The lowest BCUT2D eigenvalue weighted by atomic mass is 10.2. The van der Waals surface area contributed by atoms with Crippen molar-refractivity contribution in [2.24, 2.45) is 4.99 Å². The zero-order chi connectivity index (χ0) is 15.2. The fourth-order valence-corrected chi connectivity index (χ4v) is 1.22. The van der Waals surface area contributed by atoms with E-state index < -0.39 is 11.7 Å². The summed E-state index contributed by atoms with van der Waals surface area (Å²) >= 11 is 0. The van der Waals surface area contributed by atoms with Gasteiger partial charge in [0, 0.05) is 6.20 Å². The first-order valence-electron chi connectivity index (χ1n) is 5.71. The van der Waals surface area contributed by atoms with Gasteiger partial charge >= 0.3 is 6.18 Å². The average Bonchev–Trinajstić information content (AvgIpc) is 2.38. The lowest BCUT2D eigenvalue weighted by molar-refractivity contribution is -0.137. The van der Waals surface area contributed by atoms with E-state index in [9.17, 15) is 13.2 Å². The Balaban J connectivity index is 2.74. The van der Waals surface area contributed by atoms with Crippen LogP contribution in [0.5, 0.6) is 5.75 Å². The monoisotopic (exact) mass is 281 g/mol. The lowest BCUT2D eigenvalue weighted by Crippen LogP contribution is -2.06. The summed E-state index contributed by atoms with van der Waals surface area (Å²) in [6, 6.07) is 4.38. The Hall–Kier alpha value is -2.30. The van der Waals surface area contributed by atoms with Crippen molar-refractivity contribution in [3.63, 3.8) is 0 Å². The molecular weight excluding hydrogens is 267 g/mol. The molecule has 0 heterocycles. The maximum Gasteiger partial charge on any atom is 0.416 e. The van der Waals surface area contributed by atoms with Crippen molar-refractivity contribution >= 4 is 5.71 Å². The number of ether oxygens (including phenoxy) is 1. The van der Waals surface area contributed by atoms with Gasteiger partial charge in [0.05, 0.1) is 11.3 Å². The van der Waals surface area contributed by atoms with E-state index in [1.54, 1.807) is 19.1 Å². The summed E-state index contributed by atoms with van der Waals surface area (Å²) in [5.74, 6) is 0.531. The second-order valence-electron chi connectivity index (χ2n) is 3.84. The van der Waals surface area contributed by atoms with Crippen LogP contribution in [0.25, 0.3) is 0 Å². The van der Waals surface area contributed by atoms with Gasteiger partial charge in [-0.05, 0) is 37.3 Å². The number of allylic oxidation sites excluding steroid dienone is 3. The maximum atomic E-state index is 12.4. The highest BCUT2D eigenvalue weighted by molar-refractivity contribution is 5.96. The predicted octanol–water partition coefficient (Wildman–Crippen LogP) is 4.76. The molecule has 0 aliphatic heterocycles. The molecule has 0 fully saturated rings. The van der Waals surface area contributed by atoms with Crippen LogP contribution in [0.1, 0.15) is 12.5 Å². The van der Waals surface area contributed by atoms with Crippen LogP contribution in [0.15, 0.2) is 66.5 Å². The average molecular weight is 281 g/mol. The van der Waals surface area contributed by atoms with Gasteiger partial charge in [-0.1, -0.05) is 19.2 Å². The van der Waals surface area contributed by atoms with Crippen LogP contribution in [0, 0.1) is 0 Å². The Labute approximate surface area is 115 Å². The first-order chi connectivity index (χ1) is 9.34. The summed E-state index contributed by atoms with van der Waals surface area (Å²) < 4.78 is 42.5. The Bertz CT molecular complexity index is 539. The third-order valence-electron chi connectivity index (χ3n) is 2.32. The van der Waals surface area contributed by atoms with E-state index in [0.29, 0.717) is 5.71 Å². The standard InChI is InChI=1S/C15H14F3NO/c1-4-5-10-19-11(2)12(3)20-14-8-6-13(7-9-14)15(16,17)18/h4-10H,1,3H2,2H3/b10-5-,19-11-. The molecule has 0 saturated carbocycles. The molecule has 1 aromatic rings. The van der Waals surface area contributed by atoms with Gasteiger partial charge in [-0.2, -0.15) is 13.2 Å². The first-order valence-corrected chi connectivity index (χ1v) is 5.71. The minimum absolute atomic E-state index is 0.262. The summed E-state index contributed by atoms with van der Waals surface area (Å²) in [5, 5.41) is 0. The van der Waals surface area contributed by atoms with Gasteiger partial charge in [-0.3, -0.25) is 4.99 Å². The molecule has 0 aromatic heterocycles. The van der Waals surface area contributed by atoms with Crippen LogP contribution in [0.3, 0.4) is 0 Å². The van der Waals surface area contributed by atoms with Crippen molar-refractivity contribution < 1.29 is 17.9 Å². The number of rotatable bonds is 5. The molecule has 0 saturated heterocycles. The van der Waals surface area contributed by atoms with E-state index in [2.05, 4.69) is 18.2 Å². The van der Waals surface area contributed by atoms with Gasteiger partial charge in [0.1, 0.15) is 11.5 Å². The zero-order valence-electron chi connectivity index (χ0n) is 10.9. The van der Waals surface area contributed by atoms with Crippen LogP contribution in [-0.4, -0.2) is 5.71 Å². The number of alkyl halides is 3. The molecule has 0 unspecified atom stereocenters. The number of halogens is 3. The molecular formula is C15H14F3NO. The Morgan fingerprint density at radius 1 is 1.25 bits per heavy atom. The fraction of sp³-hybridized carbons (Fsp3) is 0.133. The molecule has 106 valence electrons. The van der Waals surface area contributed by atoms with E-state index >= 15 is 0 Å². The third kappa shape index (κ3) is 4.76. The van der Waals surface area contributed by atoms with Gasteiger partial charge in [-0.25, -0.2) is 0 Å². The van der Waals surface area contributed by atoms with E-state index in [4.69, 9.17) is 4.74 Å². The van der Waals surface area contributed by atoms with Crippen LogP contribution in [-0.2, 0) is 6.18 Å². The molecule has 20 heavy (non-hydrogen) atoms. The molecule has 0 aliphatic rings. The van der Waals surface area contributed by atoms with Crippen molar-refractivity contribution in [1.82, 2.24) is 0 Å². The minimum atomic E-state index is -4.36. The number of hydrogen-bond acceptors (Lipinski definition) is 2. The van der Waals surface area contributed by atoms with E-state index in [1.807, 2.05) is 0 Å². The van der Waals surface area contributed by atoms with Crippen LogP contribution in [0.2, 0.25) is 0 Å². The van der Waals surface area contributed by atoms with Crippen molar-refractivity contribution in [1.29, 1.82) is 0 Å². The van der Waals surface area contributed by atoms with Gasteiger partial charge in [0.15, 0.2) is 0 Å². The molecule has 0 N–H and O–H groups in total. The smallest absolute Gasteiger partial charge is 0.416 e. The molecule has 5 heteroatoms. The molecule has 0 radical (unpaired) electrons. The molecule has 1 aromatic carbocycles. The number of benzene rings is 1. The highest BCUT2D eigenvalue weighted by atomic mass is 19.4. The number of nitrogens with zero attached hydrogens (tertiary/aromatic N) is 1. The van der Waals surface area contributed by atoms with E-state index in [1.165, 1.54) is 18.3 Å². The SMILES string of the molecule is C=C/C=C\N=C(\C)C(=C)Oc1ccc(C(F)(F)F)cc1. The highest BCUT2D eigenvalue weighted by Crippen LogP contribution is 2.30. The topological polar surface area (TPSA) is 21.6 Å². The highest BCUT2D eigenvalue weighted by Gasteiger charge is 2.30. The molecule has 0 atom stereocenters. The summed E-state index contributed by atoms with van der Waals surface area (Å²) in [6.45, 7) is 8.84. The van der Waals surface area contributed by atoms with Gasteiger partial charge < -0.3 is 4.74 Å². The van der Waals surface area contributed by atoms with Crippen molar-refractivity contribution in [2.75, 3.05) is 0 Å². The quantitative estimate of drug-likeness (QED) is 0.433. The Morgan fingerprint density at radius 3 is 2.35 bits per heavy atom. The Kier molecular flexibility index (Phi) is 5.32. The van der Waals surface area contributed by atoms with Crippen LogP contribution < -0.4 is 4.74 Å². The normalized spacial score (nSPS) is 12.5. The number of hydrogen-bond donors (Lipinski definition) is 0. The molecule has 0 spiro atoms. The van der Waals surface area contributed by atoms with E-state index in [-0.39, 0.29) is 11.5 Å². The van der Waals surface area contributed by atoms with Crippen molar-refractivity contribution in [2.45, 2.75) is 13.1 Å². The minimum Gasteiger partial charge on any atom is -0.456 e. The summed E-state index contributed by atoms with van der Waals surface area (Å²) in [7, 11) is 0. The third-order valence-corrected chi connectivity index (χ3v) is 2.32. The second-order valence-corrected chi connectivity index (χ2v) is 3.84. The lowest BCUT2D eigenvalue weighted by Gasteiger charge is -2.10. The van der Waals surface area contributed by atoms with Gasteiger partial charge in [0.2, 0.25) is 0 Å². The second kappa shape index (κ2) is 6.75. The van der Waals surface area contributed by atoms with E-state index in [0.717, 1.165) is 12.1 Å². The summed E-state index contributed by atoms with van der Waals surface area (Å²) in [5.41, 5.74) is -0.210. The number of aliphatic imine (C=N–C) groups is 1. The maximum absolute atomic E-state index is 12.4. The molecule has 1 rings (SSSR count). The van der Waals surface area contributed by atoms with Gasteiger partial charge in [-0.15, -0.1) is 0 Å². The fourth-order valence-electron chi connectivity index (χ4n) is 1.22. The Morgan fingerprint density at radius 2 is 1.85 bits per heavy atom. The molecule has 0 aliphatic carbocycles. The predicted molar refractivity (Wildman–Crippen MR) is 73.7 cm³/mol. The molecule has 0 bridgehead atoms. The van der Waals surface area contributed by atoms with Crippen molar-refractivity contribution in [3.05, 3.63) is 67.1 Å². The molecule has 2 nitrogen and oxygen atoms in total. The summed E-state index contributed by atoms with van der Waals surface area (Å²) in [4.78, 5) is 4.03. The molecule has 0 amide bonds. The largest absolute Gasteiger partial charge is 0.456 e. The summed E-state index contributed by atoms with van der Waals surface area (Å²) in [6.07, 6.45) is 0.358. The van der Waals surface area contributed by atoms with Crippen molar-refractivity contribution in [3.8, 4) is 5.75 Å². The first kappa shape index (κ1) is 15.8.